The second-order valence-corrected chi connectivity index (χ2v) is 3.71. The van der Waals surface area contributed by atoms with E-state index in [0.717, 1.165) is 4.68 Å². The Kier molecular flexibility index (Phi) is 3.09. The van der Waals surface area contributed by atoms with Gasteiger partial charge in [0.2, 0.25) is 5.91 Å². The van der Waals surface area contributed by atoms with E-state index in [1.165, 1.54) is 13.1 Å². The monoisotopic (exact) mass is 244 g/mol. The molecule has 2 aromatic rings. The molecule has 0 bridgehead atoms. The third-order valence-corrected chi connectivity index (χ3v) is 2.29. The summed E-state index contributed by atoms with van der Waals surface area (Å²) in [5.74, 6) is -0.0355. The van der Waals surface area contributed by atoms with Crippen LogP contribution < -0.4 is 16.7 Å². The first kappa shape index (κ1) is 11.8. The van der Waals surface area contributed by atoms with Crippen LogP contribution in [0.5, 0.6) is 0 Å². The average molecular weight is 244 g/mol. The van der Waals surface area contributed by atoms with Crippen LogP contribution in [0.2, 0.25) is 0 Å². The van der Waals surface area contributed by atoms with Crippen LogP contribution in [0.25, 0.3) is 11.4 Å². The number of benzene rings is 1. The second-order valence-electron chi connectivity index (χ2n) is 3.71. The van der Waals surface area contributed by atoms with Gasteiger partial charge < -0.3 is 5.73 Å². The van der Waals surface area contributed by atoms with Gasteiger partial charge in [0.05, 0.1) is 6.20 Å². The van der Waals surface area contributed by atoms with Crippen molar-refractivity contribution in [1.29, 1.82) is 0 Å². The van der Waals surface area contributed by atoms with Crippen LogP contribution >= 0.6 is 0 Å². The lowest BCUT2D eigenvalue weighted by atomic mass is 10.2. The van der Waals surface area contributed by atoms with Gasteiger partial charge in [-0.05, 0) is 0 Å². The Labute approximate surface area is 103 Å². The zero-order chi connectivity index (χ0) is 13.1. The largest absolute Gasteiger partial charge is 0.393 e. The first-order valence-electron chi connectivity index (χ1n) is 5.30. The summed E-state index contributed by atoms with van der Waals surface area (Å²) in [4.78, 5) is 27.1. The van der Waals surface area contributed by atoms with Crippen molar-refractivity contribution in [2.24, 2.45) is 0 Å². The molecule has 92 valence electrons. The van der Waals surface area contributed by atoms with Crippen molar-refractivity contribution in [3.05, 3.63) is 46.9 Å². The summed E-state index contributed by atoms with van der Waals surface area (Å²) < 4.78 is 1.05. The van der Waals surface area contributed by atoms with Crippen LogP contribution in [0.3, 0.4) is 0 Å². The van der Waals surface area contributed by atoms with Crippen LogP contribution in [0.4, 0.5) is 5.69 Å². The highest BCUT2D eigenvalue weighted by Gasteiger charge is 2.11. The van der Waals surface area contributed by atoms with Crippen LogP contribution in [0.15, 0.2) is 41.3 Å². The summed E-state index contributed by atoms with van der Waals surface area (Å²) >= 11 is 0. The molecule has 1 aromatic carbocycles. The van der Waals surface area contributed by atoms with Crippen molar-refractivity contribution < 1.29 is 4.79 Å². The lowest BCUT2D eigenvalue weighted by Gasteiger charge is -2.12. The summed E-state index contributed by atoms with van der Waals surface area (Å²) in [6, 6.07) is 9.06. The number of carbonyl (C=O) groups excluding carboxylic acids is 1. The molecule has 6 heteroatoms. The van der Waals surface area contributed by atoms with E-state index in [0.29, 0.717) is 11.4 Å². The maximum absolute atomic E-state index is 11.9. The van der Waals surface area contributed by atoms with E-state index in [1.807, 2.05) is 18.2 Å². The van der Waals surface area contributed by atoms with E-state index in [9.17, 15) is 9.59 Å². The van der Waals surface area contributed by atoms with Crippen molar-refractivity contribution in [2.75, 3.05) is 11.2 Å². The number of rotatable bonds is 2. The van der Waals surface area contributed by atoms with Gasteiger partial charge in [0.25, 0.3) is 5.56 Å². The highest BCUT2D eigenvalue weighted by molar-refractivity contribution is 5.81. The quantitative estimate of drug-likeness (QED) is 0.808. The zero-order valence-corrected chi connectivity index (χ0v) is 9.75. The predicted molar refractivity (Wildman–Crippen MR) is 68.4 cm³/mol. The van der Waals surface area contributed by atoms with E-state index in [4.69, 9.17) is 5.73 Å². The van der Waals surface area contributed by atoms with Crippen LogP contribution in [-0.4, -0.2) is 15.6 Å². The Morgan fingerprint density at radius 3 is 2.61 bits per heavy atom. The Hall–Kier alpha value is -2.63. The Morgan fingerprint density at radius 1 is 1.33 bits per heavy atom. The fraction of sp³-hybridized carbons (Fsp3) is 0.0833. The molecular weight excluding hydrogens is 232 g/mol. The van der Waals surface area contributed by atoms with Gasteiger partial charge in [-0.2, -0.15) is 4.68 Å². The SMILES string of the molecule is CC(=O)Nn1c(-c2ccccc2)ncc(N)c1=O. The number of hydrogen-bond donors (Lipinski definition) is 2. The number of anilines is 1. The molecule has 0 spiro atoms. The minimum absolute atomic E-state index is 0.0246. The van der Waals surface area contributed by atoms with Crippen LogP contribution in [-0.2, 0) is 4.79 Å². The number of nitrogens with one attached hydrogen (secondary N) is 1. The molecule has 18 heavy (non-hydrogen) atoms. The first-order valence-corrected chi connectivity index (χ1v) is 5.30. The normalized spacial score (nSPS) is 10.1. The topological polar surface area (TPSA) is 90.0 Å². The fourth-order valence-corrected chi connectivity index (χ4v) is 1.52. The fourth-order valence-electron chi connectivity index (χ4n) is 1.52. The maximum atomic E-state index is 11.9. The maximum Gasteiger partial charge on any atom is 0.295 e. The number of nitrogen functional groups attached to an aromatic ring is 1. The van der Waals surface area contributed by atoms with Crippen molar-refractivity contribution in [3.8, 4) is 11.4 Å². The number of hydrogen-bond acceptors (Lipinski definition) is 4. The van der Waals surface area contributed by atoms with Gasteiger partial charge in [-0.25, -0.2) is 4.98 Å². The van der Waals surface area contributed by atoms with Crippen molar-refractivity contribution in [3.63, 3.8) is 0 Å². The van der Waals surface area contributed by atoms with Crippen LogP contribution in [0, 0.1) is 0 Å². The Bertz CT molecular complexity index is 634. The van der Waals surface area contributed by atoms with Gasteiger partial charge >= 0.3 is 0 Å². The lowest BCUT2D eigenvalue weighted by Crippen LogP contribution is -2.34. The molecule has 0 atom stereocenters. The molecule has 0 aliphatic heterocycles. The van der Waals surface area contributed by atoms with Gasteiger partial charge in [0, 0.05) is 12.5 Å². The highest BCUT2D eigenvalue weighted by atomic mass is 16.2. The lowest BCUT2D eigenvalue weighted by molar-refractivity contribution is -0.115. The van der Waals surface area contributed by atoms with E-state index in [1.54, 1.807) is 12.1 Å². The molecule has 0 saturated heterocycles. The smallest absolute Gasteiger partial charge is 0.295 e. The van der Waals surface area contributed by atoms with Crippen molar-refractivity contribution in [1.82, 2.24) is 9.66 Å². The molecule has 1 aromatic heterocycles. The molecule has 1 heterocycles. The third-order valence-electron chi connectivity index (χ3n) is 2.29. The minimum atomic E-state index is -0.501. The van der Waals surface area contributed by atoms with E-state index in [2.05, 4.69) is 10.4 Å². The van der Waals surface area contributed by atoms with Gasteiger partial charge in [0.1, 0.15) is 5.69 Å². The summed E-state index contributed by atoms with van der Waals surface area (Å²) in [7, 11) is 0. The molecule has 0 unspecified atom stereocenters. The zero-order valence-electron chi connectivity index (χ0n) is 9.75. The standard InChI is InChI=1S/C12H12N4O2/c1-8(17)15-16-11(9-5-3-2-4-6-9)14-7-10(13)12(16)18/h2-7H,13H2,1H3,(H,15,17). The average Bonchev–Trinajstić information content (AvgIpc) is 2.36. The molecule has 0 aliphatic rings. The van der Waals surface area contributed by atoms with E-state index >= 15 is 0 Å². The molecule has 0 saturated carbocycles. The van der Waals surface area contributed by atoms with E-state index < -0.39 is 5.56 Å². The van der Waals surface area contributed by atoms with Gasteiger partial charge in [-0.3, -0.25) is 15.0 Å². The van der Waals surface area contributed by atoms with Crippen molar-refractivity contribution >= 4 is 11.6 Å². The molecule has 2 rings (SSSR count). The van der Waals surface area contributed by atoms with Gasteiger partial charge in [-0.1, -0.05) is 30.3 Å². The summed E-state index contributed by atoms with van der Waals surface area (Å²) in [6.07, 6.45) is 1.28. The van der Waals surface area contributed by atoms with Gasteiger partial charge in [0.15, 0.2) is 5.82 Å². The molecule has 0 radical (unpaired) electrons. The highest BCUT2D eigenvalue weighted by Crippen LogP contribution is 2.14. The Morgan fingerprint density at radius 2 is 2.00 bits per heavy atom. The van der Waals surface area contributed by atoms with Gasteiger partial charge in [-0.15, -0.1) is 0 Å². The Balaban J connectivity index is 2.64. The third kappa shape index (κ3) is 2.22. The molecule has 1 amide bonds. The molecule has 6 nitrogen and oxygen atoms in total. The molecule has 0 fully saturated rings. The predicted octanol–water partition coefficient (Wildman–Crippen LogP) is 0.582. The number of aromatic nitrogens is 2. The number of carbonyl (C=O) groups is 1. The second kappa shape index (κ2) is 4.70. The summed E-state index contributed by atoms with van der Waals surface area (Å²) in [5.41, 5.74) is 8.09. The molecule has 0 aliphatic carbocycles. The first-order chi connectivity index (χ1) is 8.59. The number of amides is 1. The van der Waals surface area contributed by atoms with E-state index in [-0.39, 0.29) is 11.6 Å². The molecular formula is C12H12N4O2. The summed E-state index contributed by atoms with van der Waals surface area (Å²) in [6.45, 7) is 1.31. The summed E-state index contributed by atoms with van der Waals surface area (Å²) in [5, 5.41) is 0. The number of nitrogens with zero attached hydrogens (tertiary/aromatic N) is 2. The van der Waals surface area contributed by atoms with Crippen LogP contribution in [0.1, 0.15) is 6.92 Å². The minimum Gasteiger partial charge on any atom is -0.393 e. The number of nitrogens with two attached hydrogens (primary N) is 1. The van der Waals surface area contributed by atoms with Crippen molar-refractivity contribution in [2.45, 2.75) is 6.92 Å². The molecule has 3 N–H and O–H groups in total.